The van der Waals surface area contributed by atoms with Crippen molar-refractivity contribution in [2.45, 2.75) is 32.0 Å². The van der Waals surface area contributed by atoms with Gasteiger partial charge in [-0.2, -0.15) is 13.2 Å². The lowest BCUT2D eigenvalue weighted by atomic mass is 10.0. The number of hydrogen-bond donors (Lipinski definition) is 1. The molecule has 1 N–H and O–H groups in total. The van der Waals surface area contributed by atoms with Crippen LogP contribution in [0.1, 0.15) is 35.8 Å². The largest absolute Gasteiger partial charge is 0.443 e. The van der Waals surface area contributed by atoms with E-state index in [0.717, 1.165) is 19.0 Å². The lowest BCUT2D eigenvalue weighted by molar-refractivity contribution is -0.137. The molecule has 2 nitrogen and oxygen atoms in total. The average Bonchev–Trinajstić information content (AvgIpc) is 2.68. The summed E-state index contributed by atoms with van der Waals surface area (Å²) in [5.74, 6) is 0. The molecule has 1 heterocycles. The van der Waals surface area contributed by atoms with E-state index in [-0.39, 0.29) is 5.41 Å². The van der Waals surface area contributed by atoms with E-state index in [9.17, 15) is 18.3 Å². The standard InChI is InChI=1S/C9H10F3NOS/c1-8(2-3-8)6(14)5-4-13-7(15-5)9(10,11)12/h4,6,14H,2-3H2,1H3. The Balaban J connectivity index is 2.20. The van der Waals surface area contributed by atoms with Crippen LogP contribution >= 0.6 is 11.3 Å². The molecule has 1 atom stereocenters. The molecule has 0 radical (unpaired) electrons. The highest BCUT2D eigenvalue weighted by Gasteiger charge is 2.46. The van der Waals surface area contributed by atoms with Gasteiger partial charge in [-0.3, -0.25) is 0 Å². The minimum Gasteiger partial charge on any atom is -0.387 e. The second-order valence-electron chi connectivity index (χ2n) is 4.12. The van der Waals surface area contributed by atoms with Crippen LogP contribution in [0.5, 0.6) is 0 Å². The van der Waals surface area contributed by atoms with Crippen molar-refractivity contribution in [1.29, 1.82) is 0 Å². The van der Waals surface area contributed by atoms with Gasteiger partial charge in [-0.05, 0) is 18.3 Å². The number of nitrogens with zero attached hydrogens (tertiary/aromatic N) is 1. The van der Waals surface area contributed by atoms with Crippen LogP contribution in [-0.2, 0) is 6.18 Å². The van der Waals surface area contributed by atoms with Crippen LogP contribution < -0.4 is 0 Å². The predicted molar refractivity (Wildman–Crippen MR) is 49.4 cm³/mol. The SMILES string of the molecule is CC1(C(O)c2cnc(C(F)(F)F)s2)CC1. The molecule has 1 aliphatic rings. The van der Waals surface area contributed by atoms with Gasteiger partial charge in [0.1, 0.15) is 0 Å². The van der Waals surface area contributed by atoms with Crippen molar-refractivity contribution in [3.8, 4) is 0 Å². The molecule has 1 aliphatic carbocycles. The van der Waals surface area contributed by atoms with Gasteiger partial charge in [-0.25, -0.2) is 4.98 Å². The number of aliphatic hydroxyl groups is 1. The van der Waals surface area contributed by atoms with Gasteiger partial charge in [0.25, 0.3) is 0 Å². The van der Waals surface area contributed by atoms with Gasteiger partial charge < -0.3 is 5.11 Å². The van der Waals surface area contributed by atoms with Gasteiger partial charge in [-0.15, -0.1) is 11.3 Å². The molecule has 84 valence electrons. The topological polar surface area (TPSA) is 33.1 Å². The lowest BCUT2D eigenvalue weighted by Gasteiger charge is -2.14. The molecule has 0 spiro atoms. The molecule has 1 saturated carbocycles. The Hall–Kier alpha value is -0.620. The highest BCUT2D eigenvalue weighted by atomic mass is 32.1. The van der Waals surface area contributed by atoms with Gasteiger partial charge in [0.2, 0.25) is 0 Å². The van der Waals surface area contributed by atoms with E-state index in [1.165, 1.54) is 0 Å². The first-order valence-corrected chi connectivity index (χ1v) is 5.35. The zero-order chi connectivity index (χ0) is 11.3. The summed E-state index contributed by atoms with van der Waals surface area (Å²) in [7, 11) is 0. The summed E-state index contributed by atoms with van der Waals surface area (Å²) in [6.45, 7) is 1.87. The zero-order valence-electron chi connectivity index (χ0n) is 8.01. The average molecular weight is 237 g/mol. The van der Waals surface area contributed by atoms with Gasteiger partial charge in [0.05, 0.1) is 11.0 Å². The summed E-state index contributed by atoms with van der Waals surface area (Å²) >= 11 is 0.529. The van der Waals surface area contributed by atoms with Crippen molar-refractivity contribution in [2.75, 3.05) is 0 Å². The number of alkyl halides is 3. The molecule has 0 amide bonds. The maximum absolute atomic E-state index is 12.2. The molecule has 1 fully saturated rings. The molecular weight excluding hydrogens is 227 g/mol. The quantitative estimate of drug-likeness (QED) is 0.857. The molecule has 2 rings (SSSR count). The molecule has 1 unspecified atom stereocenters. The maximum atomic E-state index is 12.2. The van der Waals surface area contributed by atoms with E-state index in [0.29, 0.717) is 16.2 Å². The summed E-state index contributed by atoms with van der Waals surface area (Å²) in [5, 5.41) is 8.91. The zero-order valence-corrected chi connectivity index (χ0v) is 8.82. The molecule has 1 aromatic heterocycles. The normalized spacial score (nSPS) is 21.4. The Morgan fingerprint density at radius 2 is 2.13 bits per heavy atom. The summed E-state index contributed by atoms with van der Waals surface area (Å²) < 4.78 is 36.7. The fourth-order valence-corrected chi connectivity index (χ4v) is 2.30. The van der Waals surface area contributed by atoms with Crippen LogP contribution in [0.3, 0.4) is 0 Å². The Kier molecular flexibility index (Phi) is 2.31. The van der Waals surface area contributed by atoms with Crippen LogP contribution in [-0.4, -0.2) is 10.1 Å². The first kappa shape index (κ1) is 10.9. The van der Waals surface area contributed by atoms with Gasteiger partial charge >= 0.3 is 6.18 Å². The van der Waals surface area contributed by atoms with E-state index in [1.54, 1.807) is 0 Å². The summed E-state index contributed by atoms with van der Waals surface area (Å²) in [4.78, 5) is 3.59. The lowest BCUT2D eigenvalue weighted by Crippen LogP contribution is -2.07. The van der Waals surface area contributed by atoms with Crippen molar-refractivity contribution >= 4 is 11.3 Å². The second kappa shape index (κ2) is 3.18. The van der Waals surface area contributed by atoms with E-state index in [4.69, 9.17) is 0 Å². The summed E-state index contributed by atoms with van der Waals surface area (Å²) in [6, 6.07) is 0. The smallest absolute Gasteiger partial charge is 0.387 e. The highest BCUT2D eigenvalue weighted by Crippen LogP contribution is 2.55. The number of aromatic nitrogens is 1. The van der Waals surface area contributed by atoms with Crippen molar-refractivity contribution in [2.24, 2.45) is 5.41 Å². The molecule has 0 bridgehead atoms. The number of thiazole rings is 1. The number of hydrogen-bond acceptors (Lipinski definition) is 3. The minimum absolute atomic E-state index is 0.241. The number of aliphatic hydroxyl groups excluding tert-OH is 1. The van der Waals surface area contributed by atoms with Crippen LogP contribution in [0.15, 0.2) is 6.20 Å². The summed E-state index contributed by atoms with van der Waals surface area (Å²) in [6.07, 6.45) is -2.39. The first-order chi connectivity index (χ1) is 6.83. The molecule has 0 saturated heterocycles. The molecule has 0 aromatic carbocycles. The van der Waals surface area contributed by atoms with Crippen molar-refractivity contribution in [1.82, 2.24) is 4.98 Å². The molecule has 0 aliphatic heterocycles. The molecular formula is C9H10F3NOS. The minimum atomic E-state index is -4.41. The highest BCUT2D eigenvalue weighted by molar-refractivity contribution is 7.11. The summed E-state index contributed by atoms with van der Waals surface area (Å²) in [5.41, 5.74) is -0.241. The van der Waals surface area contributed by atoms with Gasteiger partial charge in [0, 0.05) is 6.20 Å². The van der Waals surface area contributed by atoms with E-state index in [1.807, 2.05) is 6.92 Å². The van der Waals surface area contributed by atoms with Gasteiger partial charge in [-0.1, -0.05) is 6.92 Å². The van der Waals surface area contributed by atoms with Crippen molar-refractivity contribution in [3.63, 3.8) is 0 Å². The van der Waals surface area contributed by atoms with Crippen LogP contribution in [0.2, 0.25) is 0 Å². The van der Waals surface area contributed by atoms with E-state index >= 15 is 0 Å². The third-order valence-corrected chi connectivity index (χ3v) is 3.83. The fraction of sp³-hybridized carbons (Fsp3) is 0.667. The molecule has 15 heavy (non-hydrogen) atoms. The van der Waals surface area contributed by atoms with Crippen molar-refractivity contribution < 1.29 is 18.3 Å². The fourth-order valence-electron chi connectivity index (χ4n) is 1.36. The first-order valence-electron chi connectivity index (χ1n) is 4.54. The van der Waals surface area contributed by atoms with Gasteiger partial charge in [0.15, 0.2) is 5.01 Å². The Bertz CT molecular complexity index is 370. The monoisotopic (exact) mass is 237 g/mol. The Morgan fingerprint density at radius 3 is 2.53 bits per heavy atom. The van der Waals surface area contributed by atoms with E-state index < -0.39 is 17.3 Å². The maximum Gasteiger partial charge on any atom is 0.443 e. The molecule has 6 heteroatoms. The number of rotatable bonds is 2. The van der Waals surface area contributed by atoms with Crippen LogP contribution in [0.25, 0.3) is 0 Å². The Labute approximate surface area is 88.8 Å². The second-order valence-corrected chi connectivity index (χ2v) is 5.18. The molecule has 1 aromatic rings. The Morgan fingerprint density at radius 1 is 1.53 bits per heavy atom. The van der Waals surface area contributed by atoms with E-state index in [2.05, 4.69) is 4.98 Å². The third-order valence-electron chi connectivity index (χ3n) is 2.73. The van der Waals surface area contributed by atoms with Crippen LogP contribution in [0, 0.1) is 5.41 Å². The third kappa shape index (κ3) is 2.01. The predicted octanol–water partition coefficient (Wildman–Crippen LogP) is 3.00. The number of halogens is 3. The van der Waals surface area contributed by atoms with Crippen molar-refractivity contribution in [3.05, 3.63) is 16.1 Å². The van der Waals surface area contributed by atoms with Crippen LogP contribution in [0.4, 0.5) is 13.2 Å².